The van der Waals surface area contributed by atoms with E-state index in [9.17, 15) is 0 Å². The molecule has 3 nitrogen and oxygen atoms in total. The minimum atomic E-state index is 0.867. The van der Waals surface area contributed by atoms with Crippen LogP contribution in [-0.2, 0) is 6.54 Å². The number of fused-ring (bicyclic) bond motifs is 3. The molecule has 0 spiro atoms. The monoisotopic (exact) mass is 427 g/mol. The Morgan fingerprint density at radius 3 is 2.48 bits per heavy atom. The van der Waals surface area contributed by atoms with Crippen LogP contribution in [0.3, 0.4) is 0 Å². The zero-order valence-corrected chi connectivity index (χ0v) is 19.1. The Balaban J connectivity index is 1.58. The van der Waals surface area contributed by atoms with Crippen LogP contribution in [0.25, 0.3) is 27.9 Å². The molecule has 0 fully saturated rings. The fourth-order valence-corrected chi connectivity index (χ4v) is 5.47. The molecular formula is C27H27N2OS+. The first kappa shape index (κ1) is 20.0. The molecule has 1 aliphatic heterocycles. The summed E-state index contributed by atoms with van der Waals surface area (Å²) in [5.74, 6) is 0.907. The number of thioether (sulfide) groups is 1. The molecule has 0 bridgehead atoms. The van der Waals surface area contributed by atoms with E-state index in [1.807, 2.05) is 11.8 Å². The third-order valence-corrected chi connectivity index (χ3v) is 7.01. The van der Waals surface area contributed by atoms with Crippen LogP contribution in [0.2, 0.25) is 0 Å². The first-order valence-corrected chi connectivity index (χ1v) is 11.8. The highest BCUT2D eigenvalue weighted by Gasteiger charge is 2.24. The van der Waals surface area contributed by atoms with E-state index in [0.29, 0.717) is 0 Å². The lowest BCUT2D eigenvalue weighted by Gasteiger charge is -2.18. The normalized spacial score (nSPS) is 15.4. The van der Waals surface area contributed by atoms with Gasteiger partial charge in [0.1, 0.15) is 6.54 Å². The van der Waals surface area contributed by atoms with Crippen molar-refractivity contribution in [1.82, 2.24) is 0 Å². The summed E-state index contributed by atoms with van der Waals surface area (Å²) in [4.78, 5) is 3.72. The van der Waals surface area contributed by atoms with Gasteiger partial charge in [-0.05, 0) is 60.9 Å². The average Bonchev–Trinajstić information content (AvgIpc) is 3.32. The van der Waals surface area contributed by atoms with Crippen molar-refractivity contribution in [3.63, 3.8) is 0 Å². The number of allylic oxidation sites excluding steroid dienone is 2. The first-order chi connectivity index (χ1) is 15.2. The molecule has 1 aliphatic rings. The number of rotatable bonds is 5. The standard InChI is InChI=1S/C27H27N2OS/c1-4-19(16-27-29(6-3)22-13-9-10-14-25(22)31-27)15-26-28(5-2)23-17-20-11-7-8-12-21(20)18-24(23)30-26/h7-18H,4-6H2,1-3H3/q+1. The Bertz CT molecular complexity index is 1330. The van der Waals surface area contributed by atoms with E-state index in [1.54, 1.807) is 0 Å². The summed E-state index contributed by atoms with van der Waals surface area (Å²) < 4.78 is 8.61. The quantitative estimate of drug-likeness (QED) is 0.315. The van der Waals surface area contributed by atoms with Gasteiger partial charge in [-0.25, -0.2) is 0 Å². The molecule has 0 amide bonds. The van der Waals surface area contributed by atoms with Crippen LogP contribution < -0.4 is 9.47 Å². The summed E-state index contributed by atoms with van der Waals surface area (Å²) in [5.41, 5.74) is 4.65. The van der Waals surface area contributed by atoms with Crippen LogP contribution >= 0.6 is 11.8 Å². The van der Waals surface area contributed by atoms with Crippen LogP contribution in [0.15, 0.2) is 86.7 Å². The predicted octanol–water partition coefficient (Wildman–Crippen LogP) is 7.16. The maximum Gasteiger partial charge on any atom is 0.374 e. The van der Waals surface area contributed by atoms with Gasteiger partial charge in [0.15, 0.2) is 0 Å². The molecule has 1 aromatic heterocycles. The number of aryl methyl sites for hydroxylation is 1. The summed E-state index contributed by atoms with van der Waals surface area (Å²) in [6.07, 6.45) is 5.47. The summed E-state index contributed by atoms with van der Waals surface area (Å²) in [7, 11) is 0. The van der Waals surface area contributed by atoms with Crippen molar-refractivity contribution in [2.24, 2.45) is 0 Å². The molecule has 4 heteroatoms. The summed E-state index contributed by atoms with van der Waals surface area (Å²) >= 11 is 1.85. The number of hydrogen-bond acceptors (Lipinski definition) is 3. The molecule has 0 atom stereocenters. The van der Waals surface area contributed by atoms with Gasteiger partial charge in [0.25, 0.3) is 5.52 Å². The predicted molar refractivity (Wildman–Crippen MR) is 131 cm³/mol. The fourth-order valence-electron chi connectivity index (χ4n) is 4.27. The zero-order valence-electron chi connectivity index (χ0n) is 18.3. The van der Waals surface area contributed by atoms with E-state index in [2.05, 4.69) is 103 Å². The molecule has 5 rings (SSSR count). The topological polar surface area (TPSA) is 20.3 Å². The van der Waals surface area contributed by atoms with Crippen molar-refractivity contribution in [3.05, 3.63) is 83.2 Å². The van der Waals surface area contributed by atoms with Gasteiger partial charge in [-0.1, -0.05) is 55.1 Å². The van der Waals surface area contributed by atoms with E-state index in [0.717, 1.165) is 36.5 Å². The molecule has 156 valence electrons. The Morgan fingerprint density at radius 1 is 1.00 bits per heavy atom. The van der Waals surface area contributed by atoms with E-state index in [4.69, 9.17) is 4.42 Å². The second-order valence-electron chi connectivity index (χ2n) is 7.72. The smallest absolute Gasteiger partial charge is 0.374 e. The highest BCUT2D eigenvalue weighted by molar-refractivity contribution is 8.03. The molecule has 0 N–H and O–H groups in total. The minimum Gasteiger partial charge on any atom is -0.398 e. The van der Waals surface area contributed by atoms with E-state index < -0.39 is 0 Å². The Kier molecular flexibility index (Phi) is 5.33. The lowest BCUT2D eigenvalue weighted by Crippen LogP contribution is -2.33. The number of benzene rings is 3. The highest BCUT2D eigenvalue weighted by atomic mass is 32.2. The lowest BCUT2D eigenvalue weighted by molar-refractivity contribution is -0.674. The number of para-hydroxylation sites is 1. The maximum atomic E-state index is 6.35. The second-order valence-corrected chi connectivity index (χ2v) is 8.78. The van der Waals surface area contributed by atoms with Crippen LogP contribution in [0.5, 0.6) is 0 Å². The number of nitrogens with zero attached hydrogens (tertiary/aromatic N) is 2. The van der Waals surface area contributed by atoms with Crippen molar-refractivity contribution in [3.8, 4) is 0 Å². The van der Waals surface area contributed by atoms with Gasteiger partial charge < -0.3 is 9.32 Å². The van der Waals surface area contributed by atoms with Crippen molar-refractivity contribution >= 4 is 45.4 Å². The molecule has 0 radical (unpaired) electrons. The second kappa shape index (κ2) is 8.27. The van der Waals surface area contributed by atoms with Gasteiger partial charge in [-0.2, -0.15) is 4.57 Å². The summed E-state index contributed by atoms with van der Waals surface area (Å²) in [6.45, 7) is 8.42. The SMILES string of the molecule is CCC(=Cc1oc2cc3ccccc3cc2[n+]1CC)C=C1Sc2ccccc2N1CC. The van der Waals surface area contributed by atoms with Crippen molar-refractivity contribution in [2.75, 3.05) is 11.4 Å². The van der Waals surface area contributed by atoms with Gasteiger partial charge in [0.2, 0.25) is 5.58 Å². The highest BCUT2D eigenvalue weighted by Crippen LogP contribution is 2.46. The first-order valence-electron chi connectivity index (χ1n) is 11.0. The molecule has 0 aliphatic carbocycles. The number of hydrogen-bond donors (Lipinski definition) is 0. The van der Waals surface area contributed by atoms with Crippen LogP contribution in [0.4, 0.5) is 5.69 Å². The molecule has 2 heterocycles. The summed E-state index contributed by atoms with van der Waals surface area (Å²) in [6, 6.07) is 21.5. The third kappa shape index (κ3) is 3.55. The van der Waals surface area contributed by atoms with E-state index >= 15 is 0 Å². The van der Waals surface area contributed by atoms with Crippen LogP contribution in [-0.4, -0.2) is 6.54 Å². The van der Waals surface area contributed by atoms with Crippen molar-refractivity contribution in [1.29, 1.82) is 0 Å². The van der Waals surface area contributed by atoms with Crippen molar-refractivity contribution in [2.45, 2.75) is 38.6 Å². The molecule has 0 saturated heterocycles. The summed E-state index contributed by atoms with van der Waals surface area (Å²) in [5, 5.41) is 3.73. The maximum absolute atomic E-state index is 6.35. The van der Waals surface area contributed by atoms with Gasteiger partial charge in [-0.15, -0.1) is 0 Å². The van der Waals surface area contributed by atoms with Crippen molar-refractivity contribution < 1.29 is 8.98 Å². The Morgan fingerprint density at radius 2 is 1.74 bits per heavy atom. The van der Waals surface area contributed by atoms with E-state index in [1.165, 1.54) is 32.0 Å². The number of anilines is 1. The van der Waals surface area contributed by atoms with E-state index in [-0.39, 0.29) is 0 Å². The van der Waals surface area contributed by atoms with Gasteiger partial charge in [-0.3, -0.25) is 0 Å². The minimum absolute atomic E-state index is 0.867. The molecule has 0 unspecified atom stereocenters. The molecule has 4 aromatic rings. The number of aromatic nitrogens is 1. The Hall–Kier alpha value is -2.98. The zero-order chi connectivity index (χ0) is 21.4. The molecular weight excluding hydrogens is 400 g/mol. The fraction of sp³-hybridized carbons (Fsp3) is 0.222. The molecule has 3 aromatic carbocycles. The van der Waals surface area contributed by atoms with Gasteiger partial charge >= 0.3 is 5.89 Å². The largest absolute Gasteiger partial charge is 0.398 e. The van der Waals surface area contributed by atoms with Gasteiger partial charge in [0, 0.05) is 17.5 Å². The van der Waals surface area contributed by atoms with Crippen LogP contribution in [0, 0.1) is 0 Å². The third-order valence-electron chi connectivity index (χ3n) is 5.89. The van der Waals surface area contributed by atoms with Gasteiger partial charge in [0.05, 0.1) is 16.8 Å². The average molecular weight is 428 g/mol. The lowest BCUT2D eigenvalue weighted by atomic mass is 10.1. The van der Waals surface area contributed by atoms with Crippen LogP contribution in [0.1, 0.15) is 33.1 Å². The Labute approximate surface area is 187 Å². The molecule has 0 saturated carbocycles. The molecule has 31 heavy (non-hydrogen) atoms. The number of oxazole rings is 1.